The minimum absolute atomic E-state index is 0.130. The molecule has 100 valence electrons. The summed E-state index contributed by atoms with van der Waals surface area (Å²) in [5, 5.41) is 2.84. The van der Waals surface area contributed by atoms with E-state index in [0.717, 1.165) is 3.57 Å². The molecule has 2 rings (SSSR count). The van der Waals surface area contributed by atoms with Crippen LogP contribution < -0.4 is 10.0 Å². The first-order chi connectivity index (χ1) is 9.01. The van der Waals surface area contributed by atoms with Gasteiger partial charge in [0.2, 0.25) is 0 Å². The zero-order chi connectivity index (χ0) is 13.9. The van der Waals surface area contributed by atoms with Crippen molar-refractivity contribution in [3.8, 4) is 0 Å². The maximum atomic E-state index is 12.1. The third-order valence-corrected chi connectivity index (χ3v) is 4.42. The fourth-order valence-corrected chi connectivity index (χ4v) is 2.99. The predicted molar refractivity (Wildman–Crippen MR) is 83.8 cm³/mol. The van der Waals surface area contributed by atoms with Gasteiger partial charge in [0.1, 0.15) is 10.7 Å². The summed E-state index contributed by atoms with van der Waals surface area (Å²) < 4.78 is 27.8. The highest BCUT2D eigenvalue weighted by molar-refractivity contribution is 14.1. The minimum atomic E-state index is -3.60. The molecule has 0 unspecified atom stereocenters. The van der Waals surface area contributed by atoms with Crippen LogP contribution in [0.2, 0.25) is 0 Å². The fraction of sp³-hybridized carbons (Fsp3) is 0.0833. The van der Waals surface area contributed by atoms with Crippen molar-refractivity contribution < 1.29 is 8.42 Å². The predicted octanol–water partition coefficient (Wildman–Crippen LogP) is 2.53. The van der Waals surface area contributed by atoms with E-state index < -0.39 is 10.0 Å². The largest absolute Gasteiger partial charge is 0.373 e. The van der Waals surface area contributed by atoms with Crippen LogP contribution in [0, 0.1) is 3.57 Å². The van der Waals surface area contributed by atoms with Gasteiger partial charge >= 0.3 is 0 Å². The van der Waals surface area contributed by atoms with Crippen molar-refractivity contribution in [2.45, 2.75) is 4.90 Å². The Morgan fingerprint density at radius 1 is 1.21 bits per heavy atom. The summed E-state index contributed by atoms with van der Waals surface area (Å²) in [7, 11) is -1.88. The number of anilines is 2. The minimum Gasteiger partial charge on any atom is -0.373 e. The monoisotopic (exact) mass is 389 g/mol. The molecule has 1 heterocycles. The van der Waals surface area contributed by atoms with E-state index >= 15 is 0 Å². The van der Waals surface area contributed by atoms with E-state index in [-0.39, 0.29) is 4.90 Å². The van der Waals surface area contributed by atoms with Crippen molar-refractivity contribution >= 4 is 44.1 Å². The number of aromatic nitrogens is 1. The van der Waals surface area contributed by atoms with Crippen molar-refractivity contribution in [1.29, 1.82) is 0 Å². The molecule has 0 aliphatic rings. The second-order valence-corrected chi connectivity index (χ2v) is 6.67. The number of halogens is 1. The van der Waals surface area contributed by atoms with Crippen LogP contribution in [0.3, 0.4) is 0 Å². The van der Waals surface area contributed by atoms with Gasteiger partial charge in [-0.15, -0.1) is 0 Å². The lowest BCUT2D eigenvalue weighted by atomic mass is 10.3. The average molecular weight is 389 g/mol. The Balaban J connectivity index is 2.27. The summed E-state index contributed by atoms with van der Waals surface area (Å²) >= 11 is 2.13. The molecule has 1 aromatic carbocycles. The molecule has 2 aromatic rings. The van der Waals surface area contributed by atoms with E-state index in [0.29, 0.717) is 11.5 Å². The molecule has 0 radical (unpaired) electrons. The molecule has 0 spiro atoms. The van der Waals surface area contributed by atoms with Crippen LogP contribution in [-0.2, 0) is 10.0 Å². The molecule has 1 aromatic heterocycles. The van der Waals surface area contributed by atoms with Gasteiger partial charge in [-0.1, -0.05) is 6.07 Å². The van der Waals surface area contributed by atoms with Crippen LogP contribution in [-0.4, -0.2) is 20.4 Å². The van der Waals surface area contributed by atoms with Gasteiger partial charge in [-0.25, -0.2) is 13.4 Å². The van der Waals surface area contributed by atoms with Gasteiger partial charge in [-0.3, -0.25) is 4.72 Å². The van der Waals surface area contributed by atoms with E-state index in [1.807, 2.05) is 6.07 Å². The summed E-state index contributed by atoms with van der Waals surface area (Å²) in [6, 6.07) is 10.3. The number of hydrogen-bond donors (Lipinski definition) is 2. The lowest BCUT2D eigenvalue weighted by Gasteiger charge is -2.08. The van der Waals surface area contributed by atoms with E-state index in [1.165, 1.54) is 12.3 Å². The van der Waals surface area contributed by atoms with Crippen LogP contribution in [0.1, 0.15) is 0 Å². The average Bonchev–Trinajstić information content (AvgIpc) is 2.38. The summed E-state index contributed by atoms with van der Waals surface area (Å²) in [6.07, 6.45) is 1.32. The SMILES string of the molecule is CNc1ccc(S(=O)(=O)Nc2cccc(I)c2)cn1. The Labute approximate surface area is 125 Å². The first-order valence-corrected chi connectivity index (χ1v) is 8.00. The molecule has 0 saturated carbocycles. The van der Waals surface area contributed by atoms with Crippen LogP contribution in [0.25, 0.3) is 0 Å². The lowest BCUT2D eigenvalue weighted by molar-refractivity contribution is 0.601. The first-order valence-electron chi connectivity index (χ1n) is 5.43. The molecular weight excluding hydrogens is 377 g/mol. The smallest absolute Gasteiger partial charge is 0.263 e. The van der Waals surface area contributed by atoms with Crippen LogP contribution in [0.5, 0.6) is 0 Å². The molecule has 0 atom stereocenters. The number of sulfonamides is 1. The van der Waals surface area contributed by atoms with Gasteiger partial charge in [-0.2, -0.15) is 0 Å². The van der Waals surface area contributed by atoms with Crippen molar-refractivity contribution in [3.63, 3.8) is 0 Å². The Morgan fingerprint density at radius 2 is 2.00 bits per heavy atom. The summed E-state index contributed by atoms with van der Waals surface area (Å²) in [6.45, 7) is 0. The van der Waals surface area contributed by atoms with Crippen LogP contribution >= 0.6 is 22.6 Å². The zero-order valence-electron chi connectivity index (χ0n) is 10.1. The fourth-order valence-electron chi connectivity index (χ4n) is 1.45. The number of pyridine rings is 1. The van der Waals surface area contributed by atoms with Crippen molar-refractivity contribution in [1.82, 2.24) is 4.98 Å². The van der Waals surface area contributed by atoms with E-state index in [9.17, 15) is 8.42 Å². The van der Waals surface area contributed by atoms with E-state index in [1.54, 1.807) is 31.3 Å². The Hall–Kier alpha value is -1.35. The van der Waals surface area contributed by atoms with Gasteiger partial charge in [0.15, 0.2) is 0 Å². The number of hydrogen-bond acceptors (Lipinski definition) is 4. The van der Waals surface area contributed by atoms with Crippen molar-refractivity contribution in [2.75, 3.05) is 17.1 Å². The number of nitrogens with zero attached hydrogens (tertiary/aromatic N) is 1. The number of benzene rings is 1. The highest BCUT2D eigenvalue weighted by atomic mass is 127. The zero-order valence-corrected chi connectivity index (χ0v) is 13.1. The molecule has 2 N–H and O–H groups in total. The molecular formula is C12H12IN3O2S. The highest BCUT2D eigenvalue weighted by Crippen LogP contribution is 2.18. The Kier molecular flexibility index (Phi) is 4.25. The second kappa shape index (κ2) is 5.74. The highest BCUT2D eigenvalue weighted by Gasteiger charge is 2.14. The number of nitrogens with one attached hydrogen (secondary N) is 2. The maximum absolute atomic E-state index is 12.1. The van der Waals surface area contributed by atoms with Gasteiger partial charge in [-0.05, 0) is 52.9 Å². The number of rotatable bonds is 4. The van der Waals surface area contributed by atoms with Gasteiger partial charge in [0, 0.05) is 22.5 Å². The Morgan fingerprint density at radius 3 is 2.58 bits per heavy atom. The molecule has 0 bridgehead atoms. The normalized spacial score (nSPS) is 11.1. The molecule has 0 fully saturated rings. The standard InChI is InChI=1S/C12H12IN3O2S/c1-14-12-6-5-11(8-15-12)19(17,18)16-10-4-2-3-9(13)7-10/h2-8,16H,1H3,(H,14,15). The third kappa shape index (κ3) is 3.57. The van der Waals surface area contributed by atoms with E-state index in [4.69, 9.17) is 0 Å². The Bertz CT molecular complexity index is 672. The van der Waals surface area contributed by atoms with Crippen molar-refractivity contribution in [2.24, 2.45) is 0 Å². The second-order valence-electron chi connectivity index (χ2n) is 3.74. The molecule has 0 aliphatic heterocycles. The molecule has 19 heavy (non-hydrogen) atoms. The van der Waals surface area contributed by atoms with Crippen molar-refractivity contribution in [3.05, 3.63) is 46.2 Å². The lowest BCUT2D eigenvalue weighted by Crippen LogP contribution is -2.13. The topological polar surface area (TPSA) is 71.1 Å². The summed E-state index contributed by atoms with van der Waals surface area (Å²) in [5.74, 6) is 0.619. The van der Waals surface area contributed by atoms with Gasteiger partial charge in [0.25, 0.3) is 10.0 Å². The molecule has 0 saturated heterocycles. The van der Waals surface area contributed by atoms with Gasteiger partial charge in [0.05, 0.1) is 0 Å². The van der Waals surface area contributed by atoms with Crippen LogP contribution in [0.4, 0.5) is 11.5 Å². The maximum Gasteiger partial charge on any atom is 0.263 e. The van der Waals surface area contributed by atoms with Crippen LogP contribution in [0.15, 0.2) is 47.5 Å². The summed E-state index contributed by atoms with van der Waals surface area (Å²) in [4.78, 5) is 4.12. The molecule has 5 nitrogen and oxygen atoms in total. The van der Waals surface area contributed by atoms with Gasteiger partial charge < -0.3 is 5.32 Å². The molecule has 0 aliphatic carbocycles. The molecule has 0 amide bonds. The third-order valence-electron chi connectivity index (χ3n) is 2.38. The summed E-state index contributed by atoms with van der Waals surface area (Å²) in [5.41, 5.74) is 0.532. The quantitative estimate of drug-likeness (QED) is 0.789. The first kappa shape index (κ1) is 14.1. The van der Waals surface area contributed by atoms with E-state index in [2.05, 4.69) is 37.6 Å². The molecule has 7 heteroatoms.